The summed E-state index contributed by atoms with van der Waals surface area (Å²) in [4.78, 5) is 1.47. The van der Waals surface area contributed by atoms with Crippen LogP contribution in [-0.4, -0.2) is 12.6 Å². The third-order valence-electron chi connectivity index (χ3n) is 2.87. The minimum absolute atomic E-state index is 0.270. The fourth-order valence-electron chi connectivity index (χ4n) is 1.44. The van der Waals surface area contributed by atoms with Gasteiger partial charge in [0.1, 0.15) is 0 Å². The Morgan fingerprint density at radius 1 is 1.47 bits per heavy atom. The Bertz CT molecular complexity index is 281. The fraction of sp³-hybridized carbons (Fsp3) is 0.667. The van der Waals surface area contributed by atoms with Gasteiger partial charge in [0.25, 0.3) is 0 Å². The van der Waals surface area contributed by atoms with Crippen LogP contribution >= 0.6 is 11.3 Å². The lowest BCUT2D eigenvalue weighted by molar-refractivity contribution is 0.446. The van der Waals surface area contributed by atoms with Crippen molar-refractivity contribution in [2.75, 3.05) is 6.54 Å². The molecule has 0 aliphatic rings. The smallest absolute Gasteiger partial charge is 0.0302 e. The monoisotopic (exact) mass is 226 g/mol. The number of rotatable bonds is 6. The molecule has 1 heterocycles. The lowest BCUT2D eigenvalue weighted by Crippen LogP contribution is -2.32. The average Bonchev–Trinajstić information content (AvgIpc) is 2.65. The van der Waals surface area contributed by atoms with Crippen LogP contribution in [-0.2, 0) is 13.0 Å². The lowest BCUT2D eigenvalue weighted by atomic mass is 10.1. The summed E-state index contributed by atoms with van der Waals surface area (Å²) in [6.45, 7) is 8.44. The van der Waals surface area contributed by atoms with Crippen molar-refractivity contribution in [3.63, 3.8) is 0 Å². The maximum Gasteiger partial charge on any atom is 0.0302 e. The van der Waals surface area contributed by atoms with Crippen molar-refractivity contribution in [1.82, 2.24) is 5.32 Å². The molecule has 0 aromatic carbocycles. The molecule has 2 unspecified atom stereocenters. The van der Waals surface area contributed by atoms with Gasteiger partial charge in [-0.3, -0.25) is 0 Å². The van der Waals surface area contributed by atoms with Crippen LogP contribution in [0.5, 0.6) is 0 Å². The van der Waals surface area contributed by atoms with E-state index in [1.807, 2.05) is 11.3 Å². The maximum absolute atomic E-state index is 5.81. The number of nitrogens with one attached hydrogen (secondary N) is 1. The van der Waals surface area contributed by atoms with Crippen molar-refractivity contribution >= 4 is 11.3 Å². The fourth-order valence-corrected chi connectivity index (χ4v) is 2.38. The van der Waals surface area contributed by atoms with Crippen molar-refractivity contribution < 1.29 is 0 Å². The molecule has 1 aromatic rings. The normalized spacial score (nSPS) is 15.2. The summed E-state index contributed by atoms with van der Waals surface area (Å²) in [5.41, 5.74) is 7.29. The van der Waals surface area contributed by atoms with Crippen molar-refractivity contribution in [2.24, 2.45) is 11.7 Å². The van der Waals surface area contributed by atoms with E-state index >= 15 is 0 Å². The molecule has 2 atom stereocenters. The van der Waals surface area contributed by atoms with Gasteiger partial charge in [0, 0.05) is 17.5 Å². The zero-order valence-electron chi connectivity index (χ0n) is 9.92. The molecule has 2 nitrogen and oxygen atoms in total. The van der Waals surface area contributed by atoms with E-state index in [4.69, 9.17) is 5.73 Å². The Morgan fingerprint density at radius 3 is 2.80 bits per heavy atom. The van der Waals surface area contributed by atoms with Gasteiger partial charge < -0.3 is 11.1 Å². The predicted octanol–water partition coefficient (Wildman–Crippen LogP) is 2.38. The molecule has 0 aliphatic carbocycles. The van der Waals surface area contributed by atoms with Gasteiger partial charge in [0.2, 0.25) is 0 Å². The summed E-state index contributed by atoms with van der Waals surface area (Å²) in [6.07, 6.45) is 1.13. The molecule has 0 spiro atoms. The summed E-state index contributed by atoms with van der Waals surface area (Å²) in [6, 6.07) is 2.49. The van der Waals surface area contributed by atoms with Gasteiger partial charge in [0.05, 0.1) is 0 Å². The highest BCUT2D eigenvalue weighted by atomic mass is 32.1. The minimum atomic E-state index is 0.270. The second-order valence-electron chi connectivity index (χ2n) is 4.19. The number of thiophene rings is 1. The first-order valence-electron chi connectivity index (χ1n) is 5.66. The molecule has 0 radical (unpaired) electrons. The first kappa shape index (κ1) is 12.7. The number of aryl methyl sites for hydroxylation is 1. The van der Waals surface area contributed by atoms with Crippen LogP contribution in [0.15, 0.2) is 11.4 Å². The summed E-state index contributed by atoms with van der Waals surface area (Å²) in [5.74, 6) is 0.537. The third-order valence-corrected chi connectivity index (χ3v) is 3.83. The van der Waals surface area contributed by atoms with Crippen LogP contribution in [0, 0.1) is 5.92 Å². The molecular formula is C12H22N2S. The van der Waals surface area contributed by atoms with Gasteiger partial charge in [-0.1, -0.05) is 13.8 Å². The molecule has 0 saturated heterocycles. The van der Waals surface area contributed by atoms with Crippen LogP contribution in [0.25, 0.3) is 0 Å². The Hall–Kier alpha value is -0.380. The van der Waals surface area contributed by atoms with E-state index < -0.39 is 0 Å². The third kappa shape index (κ3) is 3.93. The minimum Gasteiger partial charge on any atom is -0.328 e. The quantitative estimate of drug-likeness (QED) is 0.781. The summed E-state index contributed by atoms with van der Waals surface area (Å²) in [7, 11) is 0. The summed E-state index contributed by atoms with van der Waals surface area (Å²) >= 11 is 1.84. The van der Waals surface area contributed by atoms with E-state index in [0.29, 0.717) is 5.92 Å². The van der Waals surface area contributed by atoms with Crippen LogP contribution in [0.3, 0.4) is 0 Å². The van der Waals surface area contributed by atoms with E-state index in [1.54, 1.807) is 0 Å². The largest absolute Gasteiger partial charge is 0.328 e. The topological polar surface area (TPSA) is 38.0 Å². The van der Waals surface area contributed by atoms with E-state index in [2.05, 4.69) is 37.5 Å². The van der Waals surface area contributed by atoms with Gasteiger partial charge in [-0.15, -0.1) is 11.3 Å². The molecule has 0 amide bonds. The summed E-state index contributed by atoms with van der Waals surface area (Å²) in [5, 5.41) is 5.65. The highest BCUT2D eigenvalue weighted by Gasteiger charge is 2.07. The molecule has 15 heavy (non-hydrogen) atoms. The molecule has 1 rings (SSSR count). The van der Waals surface area contributed by atoms with Crippen LogP contribution in [0.4, 0.5) is 0 Å². The summed E-state index contributed by atoms with van der Waals surface area (Å²) < 4.78 is 0. The maximum atomic E-state index is 5.81. The van der Waals surface area contributed by atoms with E-state index in [0.717, 1.165) is 19.5 Å². The highest BCUT2D eigenvalue weighted by Crippen LogP contribution is 2.16. The molecule has 86 valence electrons. The average molecular weight is 226 g/mol. The number of hydrogen-bond donors (Lipinski definition) is 2. The zero-order chi connectivity index (χ0) is 11.3. The molecule has 1 aromatic heterocycles. The lowest BCUT2D eigenvalue weighted by Gasteiger charge is -2.16. The molecule has 3 heteroatoms. The molecule has 0 aliphatic heterocycles. The van der Waals surface area contributed by atoms with Crippen molar-refractivity contribution in [3.8, 4) is 0 Å². The van der Waals surface area contributed by atoms with E-state index in [9.17, 15) is 0 Å². The molecule has 0 bridgehead atoms. The standard InChI is InChI=1S/C12H22N2S/c1-4-11-5-6-15-12(11)8-14-7-9(2)10(3)13/h5-6,9-10,14H,4,7-8,13H2,1-3H3. The van der Waals surface area contributed by atoms with Gasteiger partial charge in [-0.2, -0.15) is 0 Å². The van der Waals surface area contributed by atoms with E-state index in [1.165, 1.54) is 10.4 Å². The first-order chi connectivity index (χ1) is 7.15. The number of hydrogen-bond acceptors (Lipinski definition) is 3. The molecule has 0 fully saturated rings. The van der Waals surface area contributed by atoms with Crippen LogP contribution < -0.4 is 11.1 Å². The van der Waals surface area contributed by atoms with Crippen molar-refractivity contribution in [3.05, 3.63) is 21.9 Å². The van der Waals surface area contributed by atoms with Gasteiger partial charge in [-0.25, -0.2) is 0 Å². The SMILES string of the molecule is CCc1ccsc1CNCC(C)C(C)N. The number of nitrogens with two attached hydrogens (primary N) is 1. The molecule has 0 saturated carbocycles. The van der Waals surface area contributed by atoms with Crippen LogP contribution in [0.2, 0.25) is 0 Å². The van der Waals surface area contributed by atoms with Gasteiger partial charge in [0.15, 0.2) is 0 Å². The van der Waals surface area contributed by atoms with E-state index in [-0.39, 0.29) is 6.04 Å². The first-order valence-corrected chi connectivity index (χ1v) is 6.54. The Morgan fingerprint density at radius 2 is 2.20 bits per heavy atom. The van der Waals surface area contributed by atoms with Gasteiger partial charge in [-0.05, 0) is 42.8 Å². The predicted molar refractivity (Wildman–Crippen MR) is 68.2 cm³/mol. The van der Waals surface area contributed by atoms with Crippen LogP contribution in [0.1, 0.15) is 31.2 Å². The Labute approximate surface area is 96.9 Å². The van der Waals surface area contributed by atoms with Gasteiger partial charge >= 0.3 is 0 Å². The zero-order valence-corrected chi connectivity index (χ0v) is 10.7. The van der Waals surface area contributed by atoms with Crippen molar-refractivity contribution in [2.45, 2.75) is 39.8 Å². The highest BCUT2D eigenvalue weighted by molar-refractivity contribution is 7.10. The Kier molecular flexibility index (Phi) is 5.29. The second kappa shape index (κ2) is 6.26. The second-order valence-corrected chi connectivity index (χ2v) is 5.19. The Balaban J connectivity index is 2.31. The molecule has 3 N–H and O–H groups in total. The van der Waals surface area contributed by atoms with Crippen molar-refractivity contribution in [1.29, 1.82) is 0 Å². The molecular weight excluding hydrogens is 204 g/mol.